The monoisotopic (exact) mass is 259 g/mol. The van der Waals surface area contributed by atoms with Crippen molar-refractivity contribution in [3.63, 3.8) is 0 Å². The van der Waals surface area contributed by atoms with E-state index in [1.807, 2.05) is 12.1 Å². The van der Waals surface area contributed by atoms with Crippen LogP contribution >= 0.6 is 11.8 Å². The van der Waals surface area contributed by atoms with E-state index in [9.17, 15) is 10.1 Å². The Morgan fingerprint density at radius 2 is 1.78 bits per heavy atom. The number of benzene rings is 2. The van der Waals surface area contributed by atoms with Gasteiger partial charge in [0.05, 0.1) is 4.92 Å². The average Bonchev–Trinajstić information content (AvgIpc) is 2.38. The van der Waals surface area contributed by atoms with Crippen LogP contribution in [0.5, 0.6) is 0 Å². The fourth-order valence-corrected chi connectivity index (χ4v) is 2.57. The molecular weight excluding hydrogens is 246 g/mol. The molecule has 0 bridgehead atoms. The molecule has 92 valence electrons. The zero-order chi connectivity index (χ0) is 13.0. The summed E-state index contributed by atoms with van der Waals surface area (Å²) in [6, 6.07) is 14.9. The van der Waals surface area contributed by atoms with Crippen LogP contribution in [-0.4, -0.2) is 4.92 Å². The van der Waals surface area contributed by atoms with E-state index >= 15 is 0 Å². The Hall–Kier alpha value is -1.81. The molecule has 0 aliphatic carbocycles. The van der Waals surface area contributed by atoms with E-state index in [0.29, 0.717) is 0 Å². The van der Waals surface area contributed by atoms with Gasteiger partial charge < -0.3 is 0 Å². The Balaban J connectivity index is 2.02. The molecule has 3 nitrogen and oxygen atoms in total. The van der Waals surface area contributed by atoms with Gasteiger partial charge in [0, 0.05) is 22.8 Å². The first kappa shape index (κ1) is 12.6. The van der Waals surface area contributed by atoms with Crippen LogP contribution in [0.3, 0.4) is 0 Å². The molecule has 0 saturated heterocycles. The Morgan fingerprint density at radius 1 is 1.11 bits per heavy atom. The van der Waals surface area contributed by atoms with Crippen LogP contribution in [0.2, 0.25) is 0 Å². The van der Waals surface area contributed by atoms with E-state index in [-0.39, 0.29) is 10.6 Å². The van der Waals surface area contributed by atoms with E-state index in [4.69, 9.17) is 0 Å². The number of rotatable bonds is 4. The number of thioether (sulfide) groups is 1. The summed E-state index contributed by atoms with van der Waals surface area (Å²) in [6.07, 6.45) is 0. The zero-order valence-electron chi connectivity index (χ0n) is 10.00. The minimum atomic E-state index is -0.379. The second kappa shape index (κ2) is 5.69. The number of nitro benzene ring substituents is 1. The summed E-state index contributed by atoms with van der Waals surface area (Å²) in [7, 11) is 0. The predicted molar refractivity (Wildman–Crippen MR) is 73.8 cm³/mol. The van der Waals surface area contributed by atoms with Gasteiger partial charge in [-0.05, 0) is 30.2 Å². The molecule has 0 atom stereocenters. The largest absolute Gasteiger partial charge is 0.269 e. The van der Waals surface area contributed by atoms with Crippen LogP contribution in [0.25, 0.3) is 0 Å². The summed E-state index contributed by atoms with van der Waals surface area (Å²) in [5.41, 5.74) is 2.70. The molecule has 18 heavy (non-hydrogen) atoms. The molecule has 0 radical (unpaired) electrons. The molecule has 0 heterocycles. The lowest BCUT2D eigenvalue weighted by molar-refractivity contribution is -0.384. The molecule has 0 unspecified atom stereocenters. The van der Waals surface area contributed by atoms with Crippen molar-refractivity contribution >= 4 is 17.4 Å². The fraction of sp³-hybridized carbons (Fsp3) is 0.143. The van der Waals surface area contributed by atoms with Crippen molar-refractivity contribution in [3.8, 4) is 0 Å². The molecule has 0 aliphatic heterocycles. The Morgan fingerprint density at radius 3 is 2.39 bits per heavy atom. The normalized spacial score (nSPS) is 10.3. The van der Waals surface area contributed by atoms with Crippen molar-refractivity contribution in [2.75, 3.05) is 0 Å². The van der Waals surface area contributed by atoms with Crippen LogP contribution in [0.15, 0.2) is 53.4 Å². The maximum atomic E-state index is 10.5. The first-order valence-corrected chi connectivity index (χ1v) is 6.57. The maximum Gasteiger partial charge on any atom is 0.269 e. The van der Waals surface area contributed by atoms with Gasteiger partial charge in [-0.3, -0.25) is 10.1 Å². The first-order chi connectivity index (χ1) is 8.66. The van der Waals surface area contributed by atoms with Crippen molar-refractivity contribution in [2.24, 2.45) is 0 Å². The van der Waals surface area contributed by atoms with Crippen molar-refractivity contribution in [2.45, 2.75) is 17.6 Å². The van der Waals surface area contributed by atoms with Crippen molar-refractivity contribution in [1.29, 1.82) is 0 Å². The summed E-state index contributed by atoms with van der Waals surface area (Å²) in [4.78, 5) is 11.2. The highest BCUT2D eigenvalue weighted by Crippen LogP contribution is 2.25. The van der Waals surface area contributed by atoms with Gasteiger partial charge in [-0.15, -0.1) is 11.8 Å². The summed E-state index contributed by atoms with van der Waals surface area (Å²) in [5.74, 6) is 0.879. The van der Waals surface area contributed by atoms with Crippen molar-refractivity contribution in [3.05, 3.63) is 69.8 Å². The van der Waals surface area contributed by atoms with Gasteiger partial charge in [0.15, 0.2) is 0 Å². The Labute approximate surface area is 110 Å². The predicted octanol–water partition coefficient (Wildman–Crippen LogP) is 4.20. The molecule has 0 spiro atoms. The van der Waals surface area contributed by atoms with Crippen LogP contribution in [0.4, 0.5) is 5.69 Å². The van der Waals surface area contributed by atoms with E-state index in [1.165, 1.54) is 11.1 Å². The van der Waals surface area contributed by atoms with Gasteiger partial charge in [0.2, 0.25) is 0 Å². The Bertz CT molecular complexity index is 552. The minimum absolute atomic E-state index is 0.134. The molecule has 0 amide bonds. The second-order valence-corrected chi connectivity index (χ2v) is 5.01. The smallest absolute Gasteiger partial charge is 0.258 e. The standard InChI is InChI=1S/C14H13NO2S/c1-11-4-2-3-5-12(11)10-18-14-8-6-13(7-9-14)15(16)17/h2-9H,10H2,1H3. The van der Waals surface area contributed by atoms with E-state index in [0.717, 1.165) is 10.6 Å². The third-order valence-corrected chi connectivity index (χ3v) is 3.76. The van der Waals surface area contributed by atoms with Gasteiger partial charge in [-0.25, -0.2) is 0 Å². The summed E-state index contributed by atoms with van der Waals surface area (Å²) in [5, 5.41) is 10.5. The van der Waals surface area contributed by atoms with Gasteiger partial charge in [0.1, 0.15) is 0 Å². The number of aryl methyl sites for hydroxylation is 1. The van der Waals surface area contributed by atoms with E-state index < -0.39 is 0 Å². The highest BCUT2D eigenvalue weighted by molar-refractivity contribution is 7.98. The van der Waals surface area contributed by atoms with Gasteiger partial charge in [-0.1, -0.05) is 24.3 Å². The third-order valence-electron chi connectivity index (χ3n) is 2.70. The molecule has 2 rings (SSSR count). The zero-order valence-corrected chi connectivity index (χ0v) is 10.8. The van der Waals surface area contributed by atoms with Crippen LogP contribution < -0.4 is 0 Å². The van der Waals surface area contributed by atoms with Crippen LogP contribution in [0, 0.1) is 17.0 Å². The Kier molecular flexibility index (Phi) is 3.99. The lowest BCUT2D eigenvalue weighted by Gasteiger charge is -2.05. The molecule has 2 aromatic rings. The van der Waals surface area contributed by atoms with E-state index in [1.54, 1.807) is 36.0 Å². The molecule has 0 fully saturated rings. The van der Waals surface area contributed by atoms with Crippen molar-refractivity contribution in [1.82, 2.24) is 0 Å². The number of hydrogen-bond acceptors (Lipinski definition) is 3. The number of hydrogen-bond donors (Lipinski definition) is 0. The average molecular weight is 259 g/mol. The number of nitro groups is 1. The molecule has 0 N–H and O–H groups in total. The van der Waals surface area contributed by atoms with Gasteiger partial charge in [-0.2, -0.15) is 0 Å². The lowest BCUT2D eigenvalue weighted by atomic mass is 10.1. The molecule has 4 heteroatoms. The summed E-state index contributed by atoms with van der Waals surface area (Å²) in [6.45, 7) is 2.09. The fourth-order valence-electron chi connectivity index (χ4n) is 1.60. The number of nitrogens with zero attached hydrogens (tertiary/aromatic N) is 1. The summed E-state index contributed by atoms with van der Waals surface area (Å²) < 4.78 is 0. The highest BCUT2D eigenvalue weighted by Gasteiger charge is 2.04. The van der Waals surface area contributed by atoms with Crippen molar-refractivity contribution < 1.29 is 4.92 Å². The van der Waals surface area contributed by atoms with Gasteiger partial charge in [0.25, 0.3) is 5.69 Å². The molecule has 0 saturated carbocycles. The number of non-ortho nitro benzene ring substituents is 1. The molecular formula is C14H13NO2S. The minimum Gasteiger partial charge on any atom is -0.258 e. The van der Waals surface area contributed by atoms with Crippen LogP contribution in [0.1, 0.15) is 11.1 Å². The third kappa shape index (κ3) is 3.11. The van der Waals surface area contributed by atoms with E-state index in [2.05, 4.69) is 19.1 Å². The lowest BCUT2D eigenvalue weighted by Crippen LogP contribution is -1.87. The van der Waals surface area contributed by atoms with Crippen LogP contribution in [-0.2, 0) is 5.75 Å². The highest BCUT2D eigenvalue weighted by atomic mass is 32.2. The topological polar surface area (TPSA) is 43.1 Å². The molecule has 2 aromatic carbocycles. The second-order valence-electron chi connectivity index (χ2n) is 3.97. The first-order valence-electron chi connectivity index (χ1n) is 5.58. The van der Waals surface area contributed by atoms with Gasteiger partial charge >= 0.3 is 0 Å². The quantitative estimate of drug-likeness (QED) is 0.469. The molecule has 0 aromatic heterocycles. The SMILES string of the molecule is Cc1ccccc1CSc1ccc([N+](=O)[O-])cc1. The molecule has 0 aliphatic rings. The maximum absolute atomic E-state index is 10.5. The summed E-state index contributed by atoms with van der Waals surface area (Å²) >= 11 is 1.69.